The topological polar surface area (TPSA) is 44.5 Å². The van der Waals surface area contributed by atoms with E-state index in [0.29, 0.717) is 18.1 Å². The standard InChI is InChI=1S/C12H19NO2/c13-12(8-2-1-5-14-7-8)10-6-9-3-4-11(10)15-9/h7,9-12H,1-6,13H2. The Balaban J connectivity index is 1.69. The minimum absolute atomic E-state index is 0.167. The fourth-order valence-corrected chi connectivity index (χ4v) is 3.16. The molecule has 3 aliphatic heterocycles. The molecule has 0 aromatic heterocycles. The lowest BCUT2D eigenvalue weighted by Gasteiger charge is -2.28. The first-order chi connectivity index (χ1) is 7.34. The summed E-state index contributed by atoms with van der Waals surface area (Å²) in [6, 6.07) is 0.167. The molecule has 2 fully saturated rings. The molecule has 84 valence electrons. The zero-order chi connectivity index (χ0) is 10.3. The van der Waals surface area contributed by atoms with Gasteiger partial charge in [-0.1, -0.05) is 0 Å². The van der Waals surface area contributed by atoms with E-state index in [-0.39, 0.29) is 6.04 Å². The average Bonchev–Trinajstić information content (AvgIpc) is 2.91. The summed E-state index contributed by atoms with van der Waals surface area (Å²) in [6.07, 6.45) is 8.63. The molecule has 2 bridgehead atoms. The van der Waals surface area contributed by atoms with Gasteiger partial charge in [0.15, 0.2) is 0 Å². The average molecular weight is 209 g/mol. The first-order valence-corrected chi connectivity index (χ1v) is 6.06. The lowest BCUT2D eigenvalue weighted by Crippen LogP contribution is -2.38. The second-order valence-electron chi connectivity index (χ2n) is 4.97. The Morgan fingerprint density at radius 2 is 2.33 bits per heavy atom. The Labute approximate surface area is 90.6 Å². The van der Waals surface area contributed by atoms with Gasteiger partial charge in [-0.25, -0.2) is 0 Å². The monoisotopic (exact) mass is 209 g/mol. The number of rotatable bonds is 2. The van der Waals surface area contributed by atoms with Crippen molar-refractivity contribution in [1.29, 1.82) is 0 Å². The van der Waals surface area contributed by atoms with E-state index in [0.717, 1.165) is 25.9 Å². The Kier molecular flexibility index (Phi) is 2.45. The van der Waals surface area contributed by atoms with E-state index in [1.165, 1.54) is 18.4 Å². The summed E-state index contributed by atoms with van der Waals surface area (Å²) in [5, 5.41) is 0. The molecular weight excluding hydrogens is 190 g/mol. The molecule has 2 N–H and O–H groups in total. The predicted octanol–water partition coefficient (Wildman–Crippen LogP) is 1.58. The molecule has 3 heterocycles. The van der Waals surface area contributed by atoms with E-state index >= 15 is 0 Å². The molecule has 0 radical (unpaired) electrons. The van der Waals surface area contributed by atoms with Crippen molar-refractivity contribution in [3.8, 4) is 0 Å². The van der Waals surface area contributed by atoms with Crippen LogP contribution in [0.2, 0.25) is 0 Å². The molecule has 2 saturated heterocycles. The van der Waals surface area contributed by atoms with E-state index in [4.69, 9.17) is 15.2 Å². The summed E-state index contributed by atoms with van der Waals surface area (Å²) in [5.41, 5.74) is 7.61. The van der Waals surface area contributed by atoms with E-state index < -0.39 is 0 Å². The highest BCUT2D eigenvalue weighted by atomic mass is 16.5. The molecule has 3 aliphatic rings. The molecule has 4 unspecified atom stereocenters. The zero-order valence-corrected chi connectivity index (χ0v) is 9.02. The van der Waals surface area contributed by atoms with Crippen LogP contribution in [0.25, 0.3) is 0 Å². The molecular formula is C12H19NO2. The highest BCUT2D eigenvalue weighted by Crippen LogP contribution is 2.41. The van der Waals surface area contributed by atoms with Crippen LogP contribution < -0.4 is 5.73 Å². The smallest absolute Gasteiger partial charge is 0.0876 e. The molecule has 0 amide bonds. The van der Waals surface area contributed by atoms with Gasteiger partial charge in [0.1, 0.15) is 0 Å². The number of nitrogens with two attached hydrogens (primary N) is 1. The highest BCUT2D eigenvalue weighted by molar-refractivity contribution is 5.14. The van der Waals surface area contributed by atoms with Crippen LogP contribution >= 0.6 is 0 Å². The molecule has 0 aliphatic carbocycles. The maximum Gasteiger partial charge on any atom is 0.0876 e. The van der Waals surface area contributed by atoms with Gasteiger partial charge in [0.25, 0.3) is 0 Å². The van der Waals surface area contributed by atoms with E-state index in [1.807, 2.05) is 6.26 Å². The summed E-state index contributed by atoms with van der Waals surface area (Å²) in [5.74, 6) is 0.539. The Morgan fingerprint density at radius 1 is 1.40 bits per heavy atom. The van der Waals surface area contributed by atoms with Crippen LogP contribution in [0.15, 0.2) is 11.8 Å². The SMILES string of the molecule is NC(C1=COCCC1)C1CC2CCC1O2. The maximum atomic E-state index is 6.31. The van der Waals surface area contributed by atoms with Gasteiger partial charge in [0, 0.05) is 12.0 Å². The number of hydrogen-bond acceptors (Lipinski definition) is 3. The van der Waals surface area contributed by atoms with Gasteiger partial charge < -0.3 is 15.2 Å². The van der Waals surface area contributed by atoms with Crippen LogP contribution in [0.4, 0.5) is 0 Å². The van der Waals surface area contributed by atoms with Gasteiger partial charge in [0.2, 0.25) is 0 Å². The van der Waals surface area contributed by atoms with Gasteiger partial charge in [0.05, 0.1) is 25.1 Å². The van der Waals surface area contributed by atoms with Gasteiger partial charge in [-0.3, -0.25) is 0 Å². The molecule has 0 aromatic carbocycles. The van der Waals surface area contributed by atoms with Crippen LogP contribution in [0, 0.1) is 5.92 Å². The van der Waals surface area contributed by atoms with Crippen LogP contribution in [0.1, 0.15) is 32.1 Å². The van der Waals surface area contributed by atoms with Crippen molar-refractivity contribution in [2.45, 2.75) is 50.4 Å². The summed E-state index contributed by atoms with van der Waals surface area (Å²) in [6.45, 7) is 0.851. The largest absolute Gasteiger partial charge is 0.501 e. The molecule has 0 spiro atoms. The molecule has 15 heavy (non-hydrogen) atoms. The quantitative estimate of drug-likeness (QED) is 0.751. The van der Waals surface area contributed by atoms with Crippen molar-refractivity contribution in [3.05, 3.63) is 11.8 Å². The first-order valence-electron chi connectivity index (χ1n) is 6.06. The van der Waals surface area contributed by atoms with Crippen LogP contribution in [-0.4, -0.2) is 24.9 Å². The molecule has 3 nitrogen and oxygen atoms in total. The summed E-state index contributed by atoms with van der Waals surface area (Å²) >= 11 is 0. The molecule has 4 atom stereocenters. The van der Waals surface area contributed by atoms with Crippen molar-refractivity contribution in [3.63, 3.8) is 0 Å². The first kappa shape index (κ1) is 9.67. The van der Waals surface area contributed by atoms with Crippen LogP contribution in [0.5, 0.6) is 0 Å². The minimum Gasteiger partial charge on any atom is -0.501 e. The Bertz CT molecular complexity index is 277. The molecule has 0 saturated carbocycles. The van der Waals surface area contributed by atoms with Gasteiger partial charge in [-0.05, 0) is 37.7 Å². The fourth-order valence-electron chi connectivity index (χ4n) is 3.16. The minimum atomic E-state index is 0.167. The third-order valence-electron chi connectivity index (χ3n) is 4.00. The van der Waals surface area contributed by atoms with E-state index in [1.54, 1.807) is 0 Å². The highest BCUT2D eigenvalue weighted by Gasteiger charge is 2.44. The second kappa shape index (κ2) is 3.80. The van der Waals surface area contributed by atoms with Crippen molar-refractivity contribution in [1.82, 2.24) is 0 Å². The number of hydrogen-bond donors (Lipinski definition) is 1. The number of fused-ring (bicyclic) bond motifs is 2. The fraction of sp³-hybridized carbons (Fsp3) is 0.833. The third-order valence-corrected chi connectivity index (χ3v) is 4.00. The molecule has 0 aromatic rings. The summed E-state index contributed by atoms with van der Waals surface area (Å²) < 4.78 is 11.2. The molecule has 3 rings (SSSR count). The van der Waals surface area contributed by atoms with E-state index in [2.05, 4.69) is 0 Å². The lowest BCUT2D eigenvalue weighted by atomic mass is 9.80. The van der Waals surface area contributed by atoms with Crippen LogP contribution in [0.3, 0.4) is 0 Å². The van der Waals surface area contributed by atoms with E-state index in [9.17, 15) is 0 Å². The Hall–Kier alpha value is -0.540. The van der Waals surface area contributed by atoms with Crippen molar-refractivity contribution in [2.75, 3.05) is 6.61 Å². The number of ether oxygens (including phenoxy) is 2. The normalized spacial score (nSPS) is 41.1. The van der Waals surface area contributed by atoms with Gasteiger partial charge >= 0.3 is 0 Å². The second-order valence-corrected chi connectivity index (χ2v) is 4.97. The van der Waals surface area contributed by atoms with Gasteiger partial charge in [-0.2, -0.15) is 0 Å². The van der Waals surface area contributed by atoms with Crippen LogP contribution in [-0.2, 0) is 9.47 Å². The summed E-state index contributed by atoms with van der Waals surface area (Å²) in [4.78, 5) is 0. The lowest BCUT2D eigenvalue weighted by molar-refractivity contribution is 0.0894. The van der Waals surface area contributed by atoms with Crippen molar-refractivity contribution >= 4 is 0 Å². The summed E-state index contributed by atoms with van der Waals surface area (Å²) in [7, 11) is 0. The van der Waals surface area contributed by atoms with Gasteiger partial charge in [-0.15, -0.1) is 0 Å². The molecule has 3 heteroatoms. The third kappa shape index (κ3) is 1.68. The van der Waals surface area contributed by atoms with Crippen molar-refractivity contribution < 1.29 is 9.47 Å². The maximum absolute atomic E-state index is 6.31. The predicted molar refractivity (Wildman–Crippen MR) is 57.2 cm³/mol. The zero-order valence-electron chi connectivity index (χ0n) is 9.02. The Morgan fingerprint density at radius 3 is 2.93 bits per heavy atom. The van der Waals surface area contributed by atoms with Crippen molar-refractivity contribution in [2.24, 2.45) is 11.7 Å².